The molecule has 7 heteroatoms. The third kappa shape index (κ3) is 3.56. The Kier molecular flexibility index (Phi) is 5.22. The van der Waals surface area contributed by atoms with Crippen molar-refractivity contribution in [3.8, 4) is 11.3 Å². The minimum absolute atomic E-state index is 0. The molecule has 3 rings (SSSR count). The molecule has 0 radical (unpaired) electrons. The molecule has 0 atom stereocenters. The van der Waals surface area contributed by atoms with Gasteiger partial charge in [0.2, 0.25) is 0 Å². The number of hydrogen-bond acceptors (Lipinski definition) is 3. The van der Waals surface area contributed by atoms with Gasteiger partial charge in [-0.2, -0.15) is 5.10 Å². The number of hydrogen-bond donors (Lipinski definition) is 2. The molecule has 1 aliphatic heterocycles. The lowest BCUT2D eigenvalue weighted by Crippen LogP contribution is -2.46. The first-order chi connectivity index (χ1) is 9.74. The fourth-order valence-electron chi connectivity index (χ4n) is 2.24. The molecule has 1 aromatic heterocycles. The first-order valence-electron chi connectivity index (χ1n) is 6.55. The lowest BCUT2D eigenvalue weighted by Gasteiger charge is -2.26. The second-order valence-corrected chi connectivity index (χ2v) is 5.15. The van der Waals surface area contributed by atoms with Crippen LogP contribution in [0.5, 0.6) is 0 Å². The van der Waals surface area contributed by atoms with Gasteiger partial charge in [-0.3, -0.25) is 9.89 Å². The Balaban J connectivity index is 0.00000161. The van der Waals surface area contributed by atoms with Crippen LogP contribution in [-0.2, 0) is 0 Å². The van der Waals surface area contributed by atoms with Crippen molar-refractivity contribution >= 4 is 29.9 Å². The summed E-state index contributed by atoms with van der Waals surface area (Å²) in [6, 6.07) is 9.18. The van der Waals surface area contributed by atoms with E-state index >= 15 is 0 Å². The molecular weight excluding hydrogens is 311 g/mol. The molecule has 1 saturated heterocycles. The van der Waals surface area contributed by atoms with E-state index in [1.807, 2.05) is 29.2 Å². The number of nitrogens with one attached hydrogen (secondary N) is 2. The van der Waals surface area contributed by atoms with Gasteiger partial charge >= 0.3 is 0 Å². The Bertz CT molecular complexity index is 606. The van der Waals surface area contributed by atoms with Crippen LogP contribution in [0.25, 0.3) is 11.3 Å². The Morgan fingerprint density at radius 2 is 1.86 bits per heavy atom. The van der Waals surface area contributed by atoms with Crippen LogP contribution in [0, 0.1) is 0 Å². The van der Waals surface area contributed by atoms with Crippen LogP contribution in [-0.4, -0.2) is 47.2 Å². The summed E-state index contributed by atoms with van der Waals surface area (Å²) in [5, 5.41) is 10.9. The number of nitrogens with zero attached hydrogens (tertiary/aromatic N) is 2. The van der Waals surface area contributed by atoms with Crippen molar-refractivity contribution in [2.75, 3.05) is 26.2 Å². The Hall–Kier alpha value is -1.56. The highest BCUT2D eigenvalue weighted by atomic mass is 35.5. The molecular formula is C14H16Cl2N4O. The molecule has 0 unspecified atom stereocenters. The molecule has 2 heterocycles. The lowest BCUT2D eigenvalue weighted by atomic mass is 10.1. The van der Waals surface area contributed by atoms with E-state index in [9.17, 15) is 4.79 Å². The van der Waals surface area contributed by atoms with Crippen LogP contribution in [0.3, 0.4) is 0 Å². The highest BCUT2D eigenvalue weighted by Gasteiger charge is 2.20. The quantitative estimate of drug-likeness (QED) is 0.889. The van der Waals surface area contributed by atoms with Gasteiger partial charge < -0.3 is 10.2 Å². The zero-order valence-corrected chi connectivity index (χ0v) is 12.9. The van der Waals surface area contributed by atoms with Crippen molar-refractivity contribution in [1.82, 2.24) is 20.4 Å². The highest BCUT2D eigenvalue weighted by molar-refractivity contribution is 6.30. The van der Waals surface area contributed by atoms with Crippen molar-refractivity contribution in [2.45, 2.75) is 0 Å². The zero-order valence-electron chi connectivity index (χ0n) is 11.3. The summed E-state index contributed by atoms with van der Waals surface area (Å²) in [6.07, 6.45) is 0. The minimum atomic E-state index is -0.000728. The monoisotopic (exact) mass is 326 g/mol. The smallest absolute Gasteiger partial charge is 0.271 e. The third-order valence-corrected chi connectivity index (χ3v) is 3.60. The van der Waals surface area contributed by atoms with E-state index in [2.05, 4.69) is 15.5 Å². The summed E-state index contributed by atoms with van der Waals surface area (Å²) >= 11 is 5.86. The van der Waals surface area contributed by atoms with Crippen molar-refractivity contribution < 1.29 is 4.79 Å². The molecule has 5 nitrogen and oxygen atoms in total. The molecule has 1 aromatic carbocycles. The molecule has 0 bridgehead atoms. The minimum Gasteiger partial charge on any atom is -0.335 e. The normalized spacial score (nSPS) is 14.6. The van der Waals surface area contributed by atoms with Crippen molar-refractivity contribution in [3.05, 3.63) is 41.0 Å². The number of rotatable bonds is 2. The first kappa shape index (κ1) is 15.8. The van der Waals surface area contributed by atoms with Gasteiger partial charge in [-0.1, -0.05) is 23.7 Å². The van der Waals surface area contributed by atoms with Crippen LogP contribution in [0.4, 0.5) is 0 Å². The number of amides is 1. The van der Waals surface area contributed by atoms with E-state index in [1.165, 1.54) is 0 Å². The summed E-state index contributed by atoms with van der Waals surface area (Å²) in [4.78, 5) is 14.1. The maximum Gasteiger partial charge on any atom is 0.271 e. The lowest BCUT2D eigenvalue weighted by molar-refractivity contribution is 0.0730. The average molecular weight is 327 g/mol. The Morgan fingerprint density at radius 3 is 2.52 bits per heavy atom. The molecule has 112 valence electrons. The number of aromatic nitrogens is 2. The molecule has 0 saturated carbocycles. The molecule has 2 aromatic rings. The number of piperazine rings is 1. The van der Waals surface area contributed by atoms with E-state index in [0.717, 1.165) is 37.4 Å². The number of aromatic amines is 1. The molecule has 1 fully saturated rings. The molecule has 2 N–H and O–H groups in total. The number of benzene rings is 1. The van der Waals surface area contributed by atoms with Crippen LogP contribution >= 0.6 is 24.0 Å². The van der Waals surface area contributed by atoms with E-state index in [0.29, 0.717) is 10.7 Å². The van der Waals surface area contributed by atoms with Crippen molar-refractivity contribution in [3.63, 3.8) is 0 Å². The summed E-state index contributed by atoms with van der Waals surface area (Å²) in [5.41, 5.74) is 2.21. The predicted octanol–water partition coefficient (Wildman–Crippen LogP) is 2.20. The van der Waals surface area contributed by atoms with Crippen molar-refractivity contribution in [2.24, 2.45) is 0 Å². The second-order valence-electron chi connectivity index (χ2n) is 4.72. The third-order valence-electron chi connectivity index (χ3n) is 3.35. The maximum atomic E-state index is 12.3. The SMILES string of the molecule is Cl.O=C(c1cc(-c2ccc(Cl)cc2)n[nH]1)N1CCNCC1. The first-order valence-corrected chi connectivity index (χ1v) is 6.93. The second kappa shape index (κ2) is 6.93. The van der Waals surface area contributed by atoms with Crippen molar-refractivity contribution in [1.29, 1.82) is 0 Å². The number of halogens is 2. The van der Waals surface area contributed by atoms with Gasteiger partial charge in [0, 0.05) is 36.8 Å². The molecule has 1 aliphatic rings. The van der Waals surface area contributed by atoms with Gasteiger partial charge in [0.1, 0.15) is 5.69 Å². The number of carbonyl (C=O) groups excluding carboxylic acids is 1. The molecule has 0 spiro atoms. The Labute approximate surface area is 134 Å². The fraction of sp³-hybridized carbons (Fsp3) is 0.286. The van der Waals surface area contributed by atoms with Crippen LogP contribution in [0.1, 0.15) is 10.5 Å². The van der Waals surface area contributed by atoms with E-state index in [-0.39, 0.29) is 18.3 Å². The number of carbonyl (C=O) groups is 1. The molecule has 0 aliphatic carbocycles. The van der Waals surface area contributed by atoms with E-state index in [1.54, 1.807) is 6.07 Å². The van der Waals surface area contributed by atoms with E-state index < -0.39 is 0 Å². The van der Waals surface area contributed by atoms with Gasteiger partial charge in [0.05, 0.1) is 5.69 Å². The summed E-state index contributed by atoms with van der Waals surface area (Å²) in [7, 11) is 0. The highest BCUT2D eigenvalue weighted by Crippen LogP contribution is 2.20. The van der Waals surface area contributed by atoms with Crippen LogP contribution in [0.15, 0.2) is 30.3 Å². The standard InChI is InChI=1S/C14H15ClN4O.ClH/c15-11-3-1-10(2-4-11)12-9-13(18-17-12)14(20)19-7-5-16-6-8-19;/h1-4,9,16H,5-8H2,(H,17,18);1H. The van der Waals surface area contributed by atoms with Gasteiger partial charge in [0.15, 0.2) is 0 Å². The van der Waals surface area contributed by atoms with Gasteiger partial charge in [0.25, 0.3) is 5.91 Å². The van der Waals surface area contributed by atoms with E-state index in [4.69, 9.17) is 11.6 Å². The molecule has 21 heavy (non-hydrogen) atoms. The largest absolute Gasteiger partial charge is 0.335 e. The van der Waals surface area contributed by atoms with Gasteiger partial charge in [-0.05, 0) is 18.2 Å². The fourth-order valence-corrected chi connectivity index (χ4v) is 2.36. The Morgan fingerprint density at radius 1 is 1.19 bits per heavy atom. The van der Waals surface area contributed by atoms with Gasteiger partial charge in [-0.15, -0.1) is 12.4 Å². The number of H-pyrrole nitrogens is 1. The maximum absolute atomic E-state index is 12.3. The summed E-state index contributed by atoms with van der Waals surface area (Å²) < 4.78 is 0. The molecule has 1 amide bonds. The average Bonchev–Trinajstić information content (AvgIpc) is 2.98. The summed E-state index contributed by atoms with van der Waals surface area (Å²) in [5.74, 6) is -0.000728. The van der Waals surface area contributed by atoms with Crippen LogP contribution in [0.2, 0.25) is 5.02 Å². The zero-order chi connectivity index (χ0) is 13.9. The summed E-state index contributed by atoms with van der Waals surface area (Å²) in [6.45, 7) is 3.14. The van der Waals surface area contributed by atoms with Crippen LogP contribution < -0.4 is 5.32 Å². The predicted molar refractivity (Wildman–Crippen MR) is 85.1 cm³/mol. The topological polar surface area (TPSA) is 61.0 Å². The van der Waals surface area contributed by atoms with Gasteiger partial charge in [-0.25, -0.2) is 0 Å².